The molecule has 1 unspecified atom stereocenters. The first-order valence-electron chi connectivity index (χ1n) is 10.3. The third-order valence-electron chi connectivity index (χ3n) is 4.91. The molecule has 2 amide bonds. The normalized spacial score (nSPS) is 12.1. The second-order valence-electron chi connectivity index (χ2n) is 7.54. The average Bonchev–Trinajstić information content (AvgIpc) is 2.85. The van der Waals surface area contributed by atoms with Crippen LogP contribution in [0.1, 0.15) is 22.8 Å². The minimum absolute atomic E-state index is 0.0264. The van der Waals surface area contributed by atoms with Gasteiger partial charge in [0.1, 0.15) is 11.3 Å². The third-order valence-corrected chi connectivity index (χ3v) is 6.02. The lowest BCUT2D eigenvalue weighted by atomic mass is 10.1. The highest BCUT2D eigenvalue weighted by molar-refractivity contribution is 8.00. The summed E-state index contributed by atoms with van der Waals surface area (Å²) < 4.78 is 93.8. The summed E-state index contributed by atoms with van der Waals surface area (Å²) >= 11 is 0.815. The fourth-order valence-electron chi connectivity index (χ4n) is 3.05. The van der Waals surface area contributed by atoms with E-state index in [1.54, 1.807) is 5.32 Å². The number of nitro benzene ring substituents is 1. The molecule has 0 fully saturated rings. The summed E-state index contributed by atoms with van der Waals surface area (Å²) in [6.45, 7) is 1.25. The number of benzene rings is 3. The number of non-ortho nitro benzene ring substituents is 1. The van der Waals surface area contributed by atoms with E-state index in [0.717, 1.165) is 17.8 Å². The fraction of sp³-hybridized carbons (Fsp3) is 0.130. The van der Waals surface area contributed by atoms with Gasteiger partial charge in [0, 0.05) is 28.3 Å². The molecule has 2 N–H and O–H groups in total. The van der Waals surface area contributed by atoms with Gasteiger partial charge in [0.2, 0.25) is 5.91 Å². The summed E-state index contributed by atoms with van der Waals surface area (Å²) in [5.74, 6) is -12.0. The molecule has 0 aliphatic carbocycles. The molecule has 0 aliphatic rings. The Balaban J connectivity index is 1.68. The number of nitro groups is 1. The van der Waals surface area contributed by atoms with E-state index < -0.39 is 62.7 Å². The van der Waals surface area contributed by atoms with Gasteiger partial charge in [-0.05, 0) is 37.3 Å². The number of hydrogen-bond acceptors (Lipinski definition) is 5. The highest BCUT2D eigenvalue weighted by Crippen LogP contribution is 2.38. The first-order chi connectivity index (χ1) is 17.7. The van der Waals surface area contributed by atoms with Crippen LogP contribution in [0.15, 0.2) is 53.4 Å². The third kappa shape index (κ3) is 6.22. The predicted octanol–water partition coefficient (Wildman–Crippen LogP) is 6.54. The molecule has 0 bridgehead atoms. The fourth-order valence-corrected chi connectivity index (χ4v) is 3.92. The number of anilines is 2. The zero-order chi connectivity index (χ0) is 28.4. The number of hydrogen-bond donors (Lipinski definition) is 2. The summed E-state index contributed by atoms with van der Waals surface area (Å²) in [7, 11) is 0. The Bertz CT molecular complexity index is 1390. The van der Waals surface area contributed by atoms with E-state index in [2.05, 4.69) is 5.32 Å². The molecule has 0 aromatic heterocycles. The smallest absolute Gasteiger partial charge is 0.322 e. The van der Waals surface area contributed by atoms with Crippen molar-refractivity contribution < 1.29 is 45.2 Å². The molecule has 38 heavy (non-hydrogen) atoms. The number of nitrogens with one attached hydrogen (secondary N) is 2. The van der Waals surface area contributed by atoms with Gasteiger partial charge in [-0.2, -0.15) is 13.2 Å². The van der Waals surface area contributed by atoms with Crippen LogP contribution in [0.2, 0.25) is 0 Å². The topological polar surface area (TPSA) is 101 Å². The number of nitrogens with zero attached hydrogens (tertiary/aromatic N) is 1. The minimum Gasteiger partial charge on any atom is -0.322 e. The second-order valence-corrected chi connectivity index (χ2v) is 8.95. The van der Waals surface area contributed by atoms with Crippen LogP contribution in [0.25, 0.3) is 0 Å². The molecule has 3 rings (SSSR count). The Morgan fingerprint density at radius 1 is 0.921 bits per heavy atom. The van der Waals surface area contributed by atoms with Crippen LogP contribution in [0.5, 0.6) is 0 Å². The standard InChI is InChI=1S/C23H14F7N3O4S/c1-10(21(34)32-20-18(26)16(24)15(23(28,29)30)17(25)19(20)27)38-14-7-5-12(6-8-14)31-22(35)11-3-2-4-13(9-11)33(36)37/h2-10H,1H3,(H,31,35)(H,32,34). The summed E-state index contributed by atoms with van der Waals surface area (Å²) in [6, 6.07) is 10.7. The quantitative estimate of drug-likeness (QED) is 0.112. The van der Waals surface area contributed by atoms with Crippen molar-refractivity contribution in [1.82, 2.24) is 0 Å². The van der Waals surface area contributed by atoms with E-state index in [-0.39, 0.29) is 16.9 Å². The van der Waals surface area contributed by atoms with Crippen LogP contribution in [0.4, 0.5) is 47.8 Å². The van der Waals surface area contributed by atoms with E-state index in [9.17, 15) is 50.4 Å². The summed E-state index contributed by atoms with van der Waals surface area (Å²) in [5, 5.41) is 13.8. The highest BCUT2D eigenvalue weighted by Gasteiger charge is 2.42. The zero-order valence-corrected chi connectivity index (χ0v) is 19.6. The Hall–Kier alpha value is -4.14. The van der Waals surface area contributed by atoms with E-state index in [4.69, 9.17) is 0 Å². The molecule has 15 heteroatoms. The van der Waals surface area contributed by atoms with Crippen molar-refractivity contribution in [3.8, 4) is 0 Å². The van der Waals surface area contributed by atoms with Gasteiger partial charge in [-0.1, -0.05) is 6.07 Å². The zero-order valence-electron chi connectivity index (χ0n) is 18.8. The molecule has 1 atom stereocenters. The van der Waals surface area contributed by atoms with E-state index in [1.165, 1.54) is 49.4 Å². The van der Waals surface area contributed by atoms with Crippen molar-refractivity contribution in [2.75, 3.05) is 10.6 Å². The number of carbonyl (C=O) groups excluding carboxylic acids is 2. The van der Waals surface area contributed by atoms with Gasteiger partial charge in [-0.25, -0.2) is 17.6 Å². The summed E-state index contributed by atoms with van der Waals surface area (Å²) in [4.78, 5) is 35.2. The van der Waals surface area contributed by atoms with Gasteiger partial charge in [0.15, 0.2) is 23.3 Å². The van der Waals surface area contributed by atoms with Crippen LogP contribution in [-0.2, 0) is 11.0 Å². The number of rotatable bonds is 7. The van der Waals surface area contributed by atoms with Crippen molar-refractivity contribution in [3.05, 3.63) is 93.0 Å². The van der Waals surface area contributed by atoms with E-state index in [0.29, 0.717) is 4.90 Å². The maximum absolute atomic E-state index is 14.0. The van der Waals surface area contributed by atoms with Crippen LogP contribution in [0, 0.1) is 33.4 Å². The summed E-state index contributed by atoms with van der Waals surface area (Å²) in [6.07, 6.45) is -5.72. The van der Waals surface area contributed by atoms with E-state index >= 15 is 0 Å². The van der Waals surface area contributed by atoms with Gasteiger partial charge in [-0.15, -0.1) is 11.8 Å². The highest BCUT2D eigenvalue weighted by atomic mass is 32.2. The molecule has 0 heterocycles. The lowest BCUT2D eigenvalue weighted by Gasteiger charge is -2.16. The predicted molar refractivity (Wildman–Crippen MR) is 123 cm³/mol. The van der Waals surface area contributed by atoms with Crippen LogP contribution in [0.3, 0.4) is 0 Å². The van der Waals surface area contributed by atoms with Crippen molar-refractivity contribution in [1.29, 1.82) is 0 Å². The first kappa shape index (κ1) is 28.4. The monoisotopic (exact) mass is 561 g/mol. The number of thioether (sulfide) groups is 1. The number of alkyl halides is 3. The number of halogens is 7. The lowest BCUT2D eigenvalue weighted by Crippen LogP contribution is -2.25. The largest absolute Gasteiger partial charge is 0.422 e. The van der Waals surface area contributed by atoms with Crippen molar-refractivity contribution in [3.63, 3.8) is 0 Å². The maximum atomic E-state index is 14.0. The van der Waals surface area contributed by atoms with Crippen molar-refractivity contribution >= 4 is 40.6 Å². The van der Waals surface area contributed by atoms with Gasteiger partial charge in [-0.3, -0.25) is 19.7 Å². The first-order valence-corrected chi connectivity index (χ1v) is 11.1. The number of carbonyl (C=O) groups is 2. The molecule has 0 saturated carbocycles. The van der Waals surface area contributed by atoms with Crippen LogP contribution >= 0.6 is 11.8 Å². The molecule has 3 aromatic rings. The molecule has 0 radical (unpaired) electrons. The lowest BCUT2D eigenvalue weighted by molar-refractivity contribution is -0.384. The molecule has 200 valence electrons. The minimum atomic E-state index is -5.72. The molecule has 0 spiro atoms. The molecular formula is C23H14F7N3O4S. The Kier molecular flexibility index (Phi) is 8.29. The molecule has 0 aliphatic heterocycles. The number of amides is 2. The van der Waals surface area contributed by atoms with E-state index in [1.807, 2.05) is 0 Å². The summed E-state index contributed by atoms with van der Waals surface area (Å²) in [5.41, 5.74) is -4.44. The Morgan fingerprint density at radius 2 is 1.50 bits per heavy atom. The Morgan fingerprint density at radius 3 is 2.03 bits per heavy atom. The average molecular weight is 561 g/mol. The van der Waals surface area contributed by atoms with Crippen LogP contribution < -0.4 is 10.6 Å². The molecule has 7 nitrogen and oxygen atoms in total. The molecule has 0 saturated heterocycles. The van der Waals surface area contributed by atoms with Crippen LogP contribution in [-0.4, -0.2) is 22.0 Å². The van der Waals surface area contributed by atoms with Gasteiger partial charge >= 0.3 is 6.18 Å². The van der Waals surface area contributed by atoms with Crippen molar-refractivity contribution in [2.45, 2.75) is 23.2 Å². The Labute approximate surface area is 213 Å². The van der Waals surface area contributed by atoms with Gasteiger partial charge in [0.25, 0.3) is 11.6 Å². The second kappa shape index (κ2) is 11.1. The van der Waals surface area contributed by atoms with Gasteiger partial charge in [0.05, 0.1) is 10.2 Å². The van der Waals surface area contributed by atoms with Crippen molar-refractivity contribution in [2.24, 2.45) is 0 Å². The maximum Gasteiger partial charge on any atom is 0.422 e. The van der Waals surface area contributed by atoms with Gasteiger partial charge < -0.3 is 10.6 Å². The SMILES string of the molecule is CC(Sc1ccc(NC(=O)c2cccc([N+](=O)[O-])c2)cc1)C(=O)Nc1c(F)c(F)c(C(F)(F)F)c(F)c1F. The molecule has 3 aromatic carbocycles. The molecular weight excluding hydrogens is 547 g/mol.